The van der Waals surface area contributed by atoms with Crippen LogP contribution in [0.4, 0.5) is 0 Å². The zero-order valence-corrected chi connectivity index (χ0v) is 11.9. The van der Waals surface area contributed by atoms with Gasteiger partial charge in [-0.1, -0.05) is 57.9 Å². The first-order valence-electron chi connectivity index (χ1n) is 7.37. The lowest BCUT2D eigenvalue weighted by Gasteiger charge is -2.46. The Kier molecular flexibility index (Phi) is 4.11. The van der Waals surface area contributed by atoms with Gasteiger partial charge < -0.3 is 5.11 Å². The fourth-order valence-electron chi connectivity index (χ4n) is 3.21. The van der Waals surface area contributed by atoms with Crippen molar-refractivity contribution in [2.45, 2.75) is 64.9 Å². The zero-order valence-electron chi connectivity index (χ0n) is 11.9. The Morgan fingerprint density at radius 2 is 1.67 bits per heavy atom. The van der Waals surface area contributed by atoms with Crippen LogP contribution in [0.3, 0.4) is 0 Å². The van der Waals surface area contributed by atoms with E-state index in [9.17, 15) is 5.11 Å². The second kappa shape index (κ2) is 5.44. The number of hydrogen-bond acceptors (Lipinski definition) is 1. The van der Waals surface area contributed by atoms with Crippen molar-refractivity contribution >= 4 is 0 Å². The lowest BCUT2D eigenvalue weighted by atomic mass is 9.61. The molecule has 1 saturated carbocycles. The van der Waals surface area contributed by atoms with Gasteiger partial charge in [-0.3, -0.25) is 0 Å². The molecule has 1 aliphatic rings. The minimum absolute atomic E-state index is 0.175. The third kappa shape index (κ3) is 2.47. The van der Waals surface area contributed by atoms with Gasteiger partial charge in [-0.2, -0.15) is 0 Å². The largest absolute Gasteiger partial charge is 0.388 e. The summed E-state index contributed by atoms with van der Waals surface area (Å²) in [6, 6.07) is 8.58. The van der Waals surface area contributed by atoms with Crippen LogP contribution < -0.4 is 0 Å². The van der Waals surface area contributed by atoms with Gasteiger partial charge in [-0.05, 0) is 36.3 Å². The average molecular weight is 246 g/mol. The van der Waals surface area contributed by atoms with E-state index in [-0.39, 0.29) is 11.5 Å². The predicted octanol–water partition coefficient (Wildman–Crippen LogP) is 4.81. The molecule has 1 N–H and O–H groups in total. The minimum atomic E-state index is -0.271. The number of hydrogen-bond donors (Lipinski definition) is 1. The highest BCUT2D eigenvalue weighted by atomic mass is 16.3. The first-order chi connectivity index (χ1) is 8.59. The highest BCUT2D eigenvalue weighted by molar-refractivity contribution is 5.27. The molecule has 2 rings (SSSR count). The van der Waals surface area contributed by atoms with Gasteiger partial charge in [0.15, 0.2) is 0 Å². The molecular weight excluding hydrogens is 220 g/mol. The van der Waals surface area contributed by atoms with Gasteiger partial charge in [0.05, 0.1) is 6.10 Å². The lowest BCUT2D eigenvalue weighted by Crippen LogP contribution is -2.35. The van der Waals surface area contributed by atoms with Crippen molar-refractivity contribution in [2.24, 2.45) is 5.41 Å². The maximum absolute atomic E-state index is 10.7. The molecular formula is C17H26O. The molecule has 100 valence electrons. The van der Waals surface area contributed by atoms with Crippen molar-refractivity contribution in [2.75, 3.05) is 0 Å². The number of benzene rings is 1. The van der Waals surface area contributed by atoms with E-state index in [4.69, 9.17) is 0 Å². The SMILES string of the molecule is CCCC1(C(O)c2ccc(C(C)C)cc2)CCC1. The Morgan fingerprint density at radius 1 is 1.11 bits per heavy atom. The fourth-order valence-corrected chi connectivity index (χ4v) is 3.21. The van der Waals surface area contributed by atoms with Crippen LogP contribution in [0.1, 0.15) is 76.0 Å². The summed E-state index contributed by atoms with van der Waals surface area (Å²) in [6.45, 7) is 6.63. The van der Waals surface area contributed by atoms with Gasteiger partial charge in [0.1, 0.15) is 0 Å². The molecule has 1 aromatic carbocycles. The van der Waals surface area contributed by atoms with Crippen LogP contribution in [-0.4, -0.2) is 5.11 Å². The van der Waals surface area contributed by atoms with Gasteiger partial charge in [0.2, 0.25) is 0 Å². The summed E-state index contributed by atoms with van der Waals surface area (Å²) < 4.78 is 0. The van der Waals surface area contributed by atoms with Crippen molar-refractivity contribution in [3.05, 3.63) is 35.4 Å². The maximum Gasteiger partial charge on any atom is 0.0846 e. The number of rotatable bonds is 5. The van der Waals surface area contributed by atoms with E-state index < -0.39 is 0 Å². The monoisotopic (exact) mass is 246 g/mol. The van der Waals surface area contributed by atoms with E-state index in [1.165, 1.54) is 31.2 Å². The smallest absolute Gasteiger partial charge is 0.0846 e. The molecule has 0 aromatic heterocycles. The van der Waals surface area contributed by atoms with Crippen molar-refractivity contribution in [3.63, 3.8) is 0 Å². The molecule has 0 heterocycles. The van der Waals surface area contributed by atoms with Gasteiger partial charge >= 0.3 is 0 Å². The molecule has 0 spiro atoms. The van der Waals surface area contributed by atoms with E-state index in [2.05, 4.69) is 45.0 Å². The highest BCUT2D eigenvalue weighted by Gasteiger charge is 2.42. The summed E-state index contributed by atoms with van der Waals surface area (Å²) in [4.78, 5) is 0. The fraction of sp³-hybridized carbons (Fsp3) is 0.647. The molecule has 1 aromatic rings. The van der Waals surface area contributed by atoms with E-state index >= 15 is 0 Å². The molecule has 1 aliphatic carbocycles. The molecule has 18 heavy (non-hydrogen) atoms. The van der Waals surface area contributed by atoms with Crippen LogP contribution in [0, 0.1) is 5.41 Å². The second-order valence-electron chi connectivity index (χ2n) is 6.19. The number of aliphatic hydroxyl groups is 1. The average Bonchev–Trinajstić information content (AvgIpc) is 2.33. The Labute approximate surface area is 111 Å². The third-order valence-electron chi connectivity index (χ3n) is 4.60. The quantitative estimate of drug-likeness (QED) is 0.790. The van der Waals surface area contributed by atoms with Crippen LogP contribution in [-0.2, 0) is 0 Å². The molecule has 1 heteroatoms. The summed E-state index contributed by atoms with van der Waals surface area (Å²) in [5, 5.41) is 10.7. The van der Waals surface area contributed by atoms with Crippen molar-refractivity contribution in [1.29, 1.82) is 0 Å². The van der Waals surface area contributed by atoms with E-state index in [0.717, 1.165) is 12.0 Å². The highest BCUT2D eigenvalue weighted by Crippen LogP contribution is 2.53. The second-order valence-corrected chi connectivity index (χ2v) is 6.19. The summed E-state index contributed by atoms with van der Waals surface area (Å²) >= 11 is 0. The van der Waals surface area contributed by atoms with E-state index in [0.29, 0.717) is 5.92 Å². The topological polar surface area (TPSA) is 20.2 Å². The number of aliphatic hydroxyl groups excluding tert-OH is 1. The summed E-state index contributed by atoms with van der Waals surface area (Å²) in [6.07, 6.45) is 5.71. The summed E-state index contributed by atoms with van der Waals surface area (Å²) in [5.41, 5.74) is 2.63. The minimum Gasteiger partial charge on any atom is -0.388 e. The van der Waals surface area contributed by atoms with Gasteiger partial charge in [-0.15, -0.1) is 0 Å². The van der Waals surface area contributed by atoms with Crippen LogP contribution in [0.5, 0.6) is 0 Å². The van der Waals surface area contributed by atoms with E-state index in [1.54, 1.807) is 0 Å². The van der Waals surface area contributed by atoms with Crippen LogP contribution in [0.2, 0.25) is 0 Å². The third-order valence-corrected chi connectivity index (χ3v) is 4.60. The molecule has 0 bridgehead atoms. The first kappa shape index (κ1) is 13.6. The molecule has 1 atom stereocenters. The Morgan fingerprint density at radius 3 is 2.06 bits per heavy atom. The Bertz CT molecular complexity index is 373. The summed E-state index contributed by atoms with van der Waals surface area (Å²) in [5.74, 6) is 0.560. The van der Waals surface area contributed by atoms with Crippen LogP contribution in [0.25, 0.3) is 0 Å². The molecule has 0 radical (unpaired) electrons. The lowest BCUT2D eigenvalue weighted by molar-refractivity contribution is -0.0440. The standard InChI is InChI=1S/C17H26O/c1-4-10-17(11-5-12-17)16(18)15-8-6-14(7-9-15)13(2)3/h6-9,13,16,18H,4-5,10-12H2,1-3H3. The molecule has 0 aliphatic heterocycles. The maximum atomic E-state index is 10.7. The van der Waals surface area contributed by atoms with Gasteiger partial charge in [0, 0.05) is 5.41 Å². The molecule has 1 fully saturated rings. The van der Waals surface area contributed by atoms with Crippen molar-refractivity contribution in [3.8, 4) is 0 Å². The normalized spacial score (nSPS) is 19.6. The summed E-state index contributed by atoms with van der Waals surface area (Å²) in [7, 11) is 0. The van der Waals surface area contributed by atoms with Crippen molar-refractivity contribution in [1.82, 2.24) is 0 Å². The van der Waals surface area contributed by atoms with Crippen LogP contribution >= 0.6 is 0 Å². The first-order valence-corrected chi connectivity index (χ1v) is 7.37. The predicted molar refractivity (Wildman–Crippen MR) is 76.7 cm³/mol. The van der Waals surface area contributed by atoms with Gasteiger partial charge in [-0.25, -0.2) is 0 Å². The molecule has 1 nitrogen and oxygen atoms in total. The van der Waals surface area contributed by atoms with Gasteiger partial charge in [0.25, 0.3) is 0 Å². The molecule has 1 unspecified atom stereocenters. The molecule has 0 amide bonds. The van der Waals surface area contributed by atoms with Crippen LogP contribution in [0.15, 0.2) is 24.3 Å². The van der Waals surface area contributed by atoms with E-state index in [1.807, 2.05) is 0 Å². The Hall–Kier alpha value is -0.820. The van der Waals surface area contributed by atoms with Crippen molar-refractivity contribution < 1.29 is 5.11 Å². The zero-order chi connectivity index (χ0) is 13.2. The molecule has 0 saturated heterocycles. The Balaban J connectivity index is 2.15.